The lowest BCUT2D eigenvalue weighted by Crippen LogP contribution is -2.29. The zero-order valence-electron chi connectivity index (χ0n) is 54.7. The first kappa shape index (κ1) is 73.2. The van der Waals surface area contributed by atoms with Crippen LogP contribution in [-0.4, -0.2) is 65.3 Å². The van der Waals surface area contributed by atoms with Crippen molar-refractivity contribution in [3.8, 4) is 24.3 Å². The van der Waals surface area contributed by atoms with Gasteiger partial charge in [0.25, 0.3) is 0 Å². The normalized spacial score (nSPS) is 14.0. The van der Waals surface area contributed by atoms with Crippen molar-refractivity contribution in [1.29, 1.82) is 0 Å². The highest BCUT2D eigenvalue weighted by molar-refractivity contribution is 5.92. The van der Waals surface area contributed by atoms with E-state index in [1.807, 2.05) is 102 Å². The van der Waals surface area contributed by atoms with Gasteiger partial charge in [-0.2, -0.15) is 0 Å². The quantitative estimate of drug-likeness (QED) is 0.0279. The van der Waals surface area contributed by atoms with Gasteiger partial charge in [0, 0.05) is 95.8 Å². The third-order valence-electron chi connectivity index (χ3n) is 13.1. The molecule has 2 aliphatic carbocycles. The largest absolute Gasteiger partial charge is 0.501 e. The number of methoxy groups -OCH3 is 6. The number of fused-ring (bicyclic) bond motifs is 3. The maximum Gasteiger partial charge on any atom is 0.119 e. The molecule has 0 radical (unpaired) electrons. The highest BCUT2D eigenvalue weighted by Crippen LogP contribution is 2.36. The molecule has 2 aliphatic rings. The monoisotopic (exact) mass is 1160 g/mol. The summed E-state index contributed by atoms with van der Waals surface area (Å²) in [7, 11) is 11.7. The molecule has 10 heteroatoms. The highest BCUT2D eigenvalue weighted by Gasteiger charge is 2.21. The fraction of sp³-hybridized carbons (Fsp3) is 0.289. The molecule has 1 heterocycles. The number of aromatic nitrogens is 1. The second kappa shape index (κ2) is 41.2. The van der Waals surface area contributed by atoms with E-state index in [1.54, 1.807) is 55.8 Å². The minimum absolute atomic E-state index is 0.211. The van der Waals surface area contributed by atoms with Crippen LogP contribution >= 0.6 is 0 Å². The van der Waals surface area contributed by atoms with Gasteiger partial charge in [-0.15, -0.1) is 26.0 Å². The third-order valence-corrected chi connectivity index (χ3v) is 13.1. The van der Waals surface area contributed by atoms with Crippen molar-refractivity contribution >= 4 is 45.8 Å². The van der Waals surface area contributed by atoms with Crippen LogP contribution in [0.1, 0.15) is 94.9 Å². The molecule has 1 atom stereocenters. The Balaban J connectivity index is 0.00000266. The van der Waals surface area contributed by atoms with Crippen molar-refractivity contribution in [2.75, 3.05) is 59.6 Å². The Morgan fingerprint density at radius 1 is 0.698 bits per heavy atom. The number of ether oxygens (including phenoxy) is 6. The van der Waals surface area contributed by atoms with Gasteiger partial charge in [-0.05, 0) is 187 Å². The summed E-state index contributed by atoms with van der Waals surface area (Å²) in [6.45, 7) is 28.9. The van der Waals surface area contributed by atoms with Crippen LogP contribution in [-0.2, 0) is 18.9 Å². The molecule has 0 saturated carbocycles. The van der Waals surface area contributed by atoms with Gasteiger partial charge >= 0.3 is 0 Å². The first-order chi connectivity index (χ1) is 41.9. The van der Waals surface area contributed by atoms with Crippen LogP contribution in [0.3, 0.4) is 0 Å². The van der Waals surface area contributed by atoms with Crippen LogP contribution in [0.5, 0.6) is 11.5 Å². The van der Waals surface area contributed by atoms with Crippen LogP contribution in [0.2, 0.25) is 0 Å². The van der Waals surface area contributed by atoms with Gasteiger partial charge in [0.05, 0.1) is 51.2 Å². The summed E-state index contributed by atoms with van der Waals surface area (Å²) in [6.07, 6.45) is 55.0. The van der Waals surface area contributed by atoms with E-state index in [0.29, 0.717) is 19.3 Å². The van der Waals surface area contributed by atoms with Gasteiger partial charge in [0.15, 0.2) is 0 Å². The van der Waals surface area contributed by atoms with Gasteiger partial charge in [0.1, 0.15) is 17.3 Å². The predicted molar refractivity (Wildman–Crippen MR) is 371 cm³/mol. The molecule has 6 rings (SSSR count). The molecule has 3 aromatic carbocycles. The average molecular weight is 1160 g/mol. The fourth-order valence-corrected chi connectivity index (χ4v) is 9.34. The van der Waals surface area contributed by atoms with E-state index >= 15 is 0 Å². The topological polar surface area (TPSA) is 70.0 Å². The number of rotatable bonds is 25. The van der Waals surface area contributed by atoms with E-state index in [0.717, 1.165) is 108 Å². The van der Waals surface area contributed by atoms with Crippen LogP contribution in [0.25, 0.3) is 28.8 Å². The number of allylic oxidation sites excluding steroid dienone is 21. The van der Waals surface area contributed by atoms with E-state index in [4.69, 9.17) is 23.7 Å². The maximum absolute atomic E-state index is 5.68. The van der Waals surface area contributed by atoms with Gasteiger partial charge in [-0.3, -0.25) is 0 Å². The van der Waals surface area contributed by atoms with Crippen molar-refractivity contribution in [3.63, 3.8) is 0 Å². The molecule has 4 aromatic rings. The first-order valence-electron chi connectivity index (χ1n) is 29.4. The molecule has 1 unspecified atom stereocenters. The van der Waals surface area contributed by atoms with Crippen molar-refractivity contribution in [2.24, 2.45) is 0 Å². The number of benzene rings is 3. The Morgan fingerprint density at radius 3 is 1.85 bits per heavy atom. The van der Waals surface area contributed by atoms with Crippen molar-refractivity contribution in [1.82, 2.24) is 9.47 Å². The molecule has 0 spiro atoms. The average Bonchev–Trinajstić information content (AvgIpc) is 1.64. The molecule has 0 bridgehead atoms. The van der Waals surface area contributed by atoms with Crippen molar-refractivity contribution in [3.05, 3.63) is 252 Å². The van der Waals surface area contributed by atoms with Crippen molar-refractivity contribution < 1.29 is 28.4 Å². The van der Waals surface area contributed by atoms with Crippen LogP contribution < -0.4 is 29.8 Å². The molecule has 10 nitrogen and oxygen atoms in total. The minimum Gasteiger partial charge on any atom is -0.501 e. The maximum atomic E-state index is 5.68. The van der Waals surface area contributed by atoms with Gasteiger partial charge in [0.2, 0.25) is 0 Å². The Morgan fingerprint density at radius 2 is 1.29 bits per heavy atom. The molecule has 0 fully saturated rings. The summed E-state index contributed by atoms with van der Waals surface area (Å²) in [5.41, 5.74) is 11.4. The Hall–Kier alpha value is -8.88. The third kappa shape index (κ3) is 20.7. The number of hydrogen-bond acceptors (Lipinski definition) is 9. The minimum atomic E-state index is -0.211. The summed E-state index contributed by atoms with van der Waals surface area (Å²) in [4.78, 5) is 6.84. The summed E-state index contributed by atoms with van der Waals surface area (Å²) in [6, 6.07) is 23.3. The molecule has 0 saturated heterocycles. The first-order valence-corrected chi connectivity index (χ1v) is 29.4. The van der Waals surface area contributed by atoms with E-state index in [9.17, 15) is 0 Å². The number of hydrogen-bond donors (Lipinski definition) is 0. The lowest BCUT2D eigenvalue weighted by atomic mass is 10.1. The molecule has 458 valence electrons. The summed E-state index contributed by atoms with van der Waals surface area (Å²) in [5.74, 6) is 3.20. The molecule has 0 aliphatic heterocycles. The summed E-state index contributed by atoms with van der Waals surface area (Å²) in [5, 5.41) is 3.27. The standard InChI is InChI=1S/C68H78N4O5.C2H6O.2C2H6.C2H2/c1-14-23-54(24-15-2)71(57-37-43-63(77-13)44-38-57)59-39-45-68-65(49-59)64-48-58(69(46-20-19-29-60(18-5)74-10)53-34-40-62(76-12)41-35-53)28-22-31-67(64)72(68)66(26-17-4)50(6)47-51(7)70(55(25-16-3)33-32-52(8)73-9)56-27-21-30-61(75-11)42-36-56;1-3-2;3*1-2/h14,16-20,23-25,27-49,60H,4-5,15,21-22,26H2,1-3,6-13H3;1-2H3;2*1-2H3;1-2H/b23-14-,25-16-,29-19?,46-20+,51-47+,52-32+,54-24+,55-33+,66-50+;;;;. The Labute approximate surface area is 517 Å². The molecule has 1 aromatic heterocycles. The predicted octanol–water partition coefficient (Wildman–Crippen LogP) is 18.3. The van der Waals surface area contributed by atoms with Gasteiger partial charge < -0.3 is 47.7 Å². The van der Waals surface area contributed by atoms with E-state index < -0.39 is 0 Å². The lowest BCUT2D eigenvalue weighted by Gasteiger charge is -2.28. The smallest absolute Gasteiger partial charge is 0.119 e. The van der Waals surface area contributed by atoms with Crippen LogP contribution in [0.4, 0.5) is 17.1 Å². The number of anilines is 3. The number of nitrogens with zero attached hydrogens (tertiary/aromatic N) is 4. The summed E-state index contributed by atoms with van der Waals surface area (Å²) >= 11 is 0. The Bertz CT molecular complexity index is 3340. The zero-order chi connectivity index (χ0) is 64.0. The lowest BCUT2D eigenvalue weighted by molar-refractivity contribution is 0.178. The highest BCUT2D eigenvalue weighted by atomic mass is 16.5. The van der Waals surface area contributed by atoms with Crippen molar-refractivity contribution in [2.45, 2.75) is 101 Å². The molecular weight excluding hydrogens is 1060 g/mol. The van der Waals surface area contributed by atoms with Crippen LogP contribution in [0, 0.1) is 12.8 Å². The number of terminal acetylenes is 1. The van der Waals surface area contributed by atoms with Crippen LogP contribution in [0.15, 0.2) is 241 Å². The molecule has 0 N–H and O–H groups in total. The SMILES string of the molecule is C#C.C=CC/C(=C(C)\C=C(/C)N(C1=CCC=C(OC)C=C1)C(/C=C\C)=C/C=C(\C)OC)n1c2c(c3cc(N(C(/C=C\C)=C/CC)c4ccc(OC)cc4)ccc31)=CC(N(/C=C/C=CC(C=C)OC)c1ccc(OC)cc1)=CCC=2.CC.CC.COC. The summed E-state index contributed by atoms with van der Waals surface area (Å²) < 4.78 is 34.8. The molecule has 0 amide bonds. The second-order valence-corrected chi connectivity index (χ2v) is 18.6. The van der Waals surface area contributed by atoms with E-state index in [1.165, 1.54) is 0 Å². The van der Waals surface area contributed by atoms with Gasteiger partial charge in [-0.1, -0.05) is 95.4 Å². The van der Waals surface area contributed by atoms with E-state index in [-0.39, 0.29) is 6.10 Å². The Kier molecular flexibility index (Phi) is 35.1. The second-order valence-electron chi connectivity index (χ2n) is 18.6. The van der Waals surface area contributed by atoms with E-state index in [2.05, 4.69) is 205 Å². The molecule has 86 heavy (non-hydrogen) atoms. The zero-order valence-corrected chi connectivity index (χ0v) is 54.7. The fourth-order valence-electron chi connectivity index (χ4n) is 9.34. The van der Waals surface area contributed by atoms with Gasteiger partial charge in [-0.25, -0.2) is 0 Å². The molecular formula is C76H98N4O6.